The van der Waals surface area contributed by atoms with Gasteiger partial charge >= 0.3 is 5.97 Å². The number of carbonyl (C=O) groups is 4. The Kier molecular flexibility index (Phi) is 17.3. The van der Waals surface area contributed by atoms with E-state index in [4.69, 9.17) is 23.7 Å². The number of amides is 1. The molecule has 0 aromatic heterocycles. The Bertz CT molecular complexity index is 1420. The van der Waals surface area contributed by atoms with Crippen molar-refractivity contribution in [3.63, 3.8) is 0 Å². The van der Waals surface area contributed by atoms with Crippen LogP contribution in [0.2, 0.25) is 0 Å². The van der Waals surface area contributed by atoms with Crippen molar-refractivity contribution in [3.8, 4) is 0 Å². The molecule has 318 valence electrons. The average molecular weight is 789 g/mol. The summed E-state index contributed by atoms with van der Waals surface area (Å²) in [7, 11) is 6.81. The minimum absolute atomic E-state index is 0.0510. The molecule has 2 saturated heterocycles. The van der Waals surface area contributed by atoms with Crippen LogP contribution in [-0.4, -0.2) is 117 Å². The number of piperidine rings is 1. The maximum Gasteiger partial charge on any atom is 0.329 e. The van der Waals surface area contributed by atoms with Gasteiger partial charge in [0.25, 0.3) is 11.7 Å². The third-order valence-corrected chi connectivity index (χ3v) is 13.2. The maximum absolute atomic E-state index is 14.3. The van der Waals surface area contributed by atoms with Crippen LogP contribution in [0.15, 0.2) is 23.3 Å². The van der Waals surface area contributed by atoms with Crippen LogP contribution in [0.25, 0.3) is 0 Å². The molecule has 0 aromatic rings. The lowest BCUT2D eigenvalue weighted by molar-refractivity contribution is -0.302. The quantitative estimate of drug-likeness (QED) is 0.185. The number of ketones is 2. The number of rotatable bonds is 7. The first-order valence-electron chi connectivity index (χ1n) is 21.2. The van der Waals surface area contributed by atoms with Crippen molar-refractivity contribution in [3.05, 3.63) is 23.3 Å². The lowest BCUT2D eigenvalue weighted by Crippen LogP contribution is -2.64. The van der Waals surface area contributed by atoms with E-state index < -0.39 is 59.8 Å². The second-order valence-electron chi connectivity index (χ2n) is 17.4. The Morgan fingerprint density at radius 2 is 1.64 bits per heavy atom. The first kappa shape index (κ1) is 46.2. The van der Waals surface area contributed by atoms with Crippen LogP contribution in [0.5, 0.6) is 0 Å². The molecule has 1 amide bonds. The van der Waals surface area contributed by atoms with E-state index in [0.717, 1.165) is 30.4 Å². The highest BCUT2D eigenvalue weighted by Gasteiger charge is 2.56. The van der Waals surface area contributed by atoms with Gasteiger partial charge in [-0.2, -0.15) is 0 Å². The van der Waals surface area contributed by atoms with Gasteiger partial charge in [-0.05, 0) is 115 Å². The van der Waals surface area contributed by atoms with Crippen LogP contribution in [0.3, 0.4) is 0 Å². The Hall–Kier alpha value is -2.48. The molecular formula is C44H72N2O10. The van der Waals surface area contributed by atoms with Crippen molar-refractivity contribution in [1.82, 2.24) is 10.2 Å². The highest BCUT2D eigenvalue weighted by atomic mass is 16.7. The van der Waals surface area contributed by atoms with Gasteiger partial charge in [-0.1, -0.05) is 45.4 Å². The van der Waals surface area contributed by atoms with E-state index in [2.05, 4.69) is 24.4 Å². The van der Waals surface area contributed by atoms with E-state index in [9.17, 15) is 24.3 Å². The van der Waals surface area contributed by atoms with Crippen LogP contribution < -0.4 is 5.32 Å². The fourth-order valence-corrected chi connectivity index (χ4v) is 9.75. The summed E-state index contributed by atoms with van der Waals surface area (Å²) in [6.07, 6.45) is 9.09. The van der Waals surface area contributed by atoms with E-state index in [-0.39, 0.29) is 54.6 Å². The molecule has 2 N–H and O–H groups in total. The summed E-state index contributed by atoms with van der Waals surface area (Å²) in [6.45, 7) is 12.0. The normalized spacial score (nSPS) is 39.3. The number of carbonyl (C=O) groups excluding carboxylic acids is 4. The van der Waals surface area contributed by atoms with Crippen LogP contribution in [-0.2, 0) is 42.9 Å². The fourth-order valence-electron chi connectivity index (χ4n) is 9.75. The van der Waals surface area contributed by atoms with Crippen molar-refractivity contribution in [2.45, 2.75) is 167 Å². The van der Waals surface area contributed by atoms with Crippen LogP contribution in [0.4, 0.5) is 0 Å². The molecule has 0 aromatic carbocycles. The number of likely N-dealkylation sites (N-methyl/N-ethyl adjacent to an activating group) is 1. The van der Waals surface area contributed by atoms with Gasteiger partial charge in [0.15, 0.2) is 0 Å². The van der Waals surface area contributed by atoms with Gasteiger partial charge in [-0.25, -0.2) is 4.79 Å². The molecule has 12 nitrogen and oxygen atoms in total. The molecule has 12 heteroatoms. The number of fused-ring (bicyclic) bond motifs is 3. The summed E-state index contributed by atoms with van der Waals surface area (Å²) in [5.41, 5.74) is 1.99. The Balaban J connectivity index is 1.73. The Labute approximate surface area is 335 Å². The summed E-state index contributed by atoms with van der Waals surface area (Å²) < 4.78 is 30.3. The topological polar surface area (TPSA) is 150 Å². The van der Waals surface area contributed by atoms with Gasteiger partial charge in [-0.15, -0.1) is 0 Å². The predicted octanol–water partition coefficient (Wildman–Crippen LogP) is 5.73. The number of nitrogens with zero attached hydrogens (tertiary/aromatic N) is 1. The molecule has 56 heavy (non-hydrogen) atoms. The van der Waals surface area contributed by atoms with Gasteiger partial charge in [-0.3, -0.25) is 14.4 Å². The van der Waals surface area contributed by atoms with Gasteiger partial charge in [0, 0.05) is 52.2 Å². The largest absolute Gasteiger partial charge is 0.456 e. The van der Waals surface area contributed by atoms with Crippen LogP contribution >= 0.6 is 0 Å². The number of hydrogen-bond donors (Lipinski definition) is 2. The summed E-state index contributed by atoms with van der Waals surface area (Å²) in [5.74, 6) is -5.87. The summed E-state index contributed by atoms with van der Waals surface area (Å²) in [5, 5.41) is 15.4. The number of ether oxygens (including phenoxy) is 5. The molecule has 2 bridgehead atoms. The average Bonchev–Trinajstić information content (AvgIpc) is 3.19. The summed E-state index contributed by atoms with van der Waals surface area (Å²) in [6, 6.07) is -0.752. The standard InChI is InChI=1S/C44H72N2O10/c1-11-32-21-26(2)20-27(3)22-37(53-9)40-38(54-10)24-30(6)44(51,56-40)41(48)42(49)46-19-13-12-14-34(46)43(50)55-39(28(4)15-18-35(32)47)29(5)23-31-16-17-33(45-7)36(25-31)52-8/h21,23,27-28,30-34,36-40,45,51H,11-20,22,24-25H2,1-10H3. The number of aliphatic hydroxyl groups is 1. The molecule has 1 saturated carbocycles. The van der Waals surface area contributed by atoms with E-state index in [1.165, 1.54) is 4.90 Å². The SMILES string of the molecule is CCC1C=C(C)CC(C)CC(OC)C2OC(O)(C(=O)C(=O)N3CCCCC3C(=O)OC(C(C)=CC3CCC(NC)C(OC)C3)C(C)CCC1=O)C(C)CC2OC. The van der Waals surface area contributed by atoms with Crippen LogP contribution in [0, 0.1) is 29.6 Å². The molecule has 3 fully saturated rings. The molecule has 13 atom stereocenters. The first-order chi connectivity index (χ1) is 26.6. The van der Waals surface area contributed by atoms with E-state index in [1.807, 2.05) is 34.7 Å². The lowest BCUT2D eigenvalue weighted by atomic mass is 9.81. The molecule has 3 heterocycles. The second-order valence-corrected chi connectivity index (χ2v) is 17.4. The van der Waals surface area contributed by atoms with Crippen molar-refractivity contribution >= 4 is 23.4 Å². The molecule has 4 rings (SSSR count). The molecule has 13 unspecified atom stereocenters. The number of methoxy groups -OCH3 is 3. The van der Waals surface area contributed by atoms with Crippen molar-refractivity contribution in [2.24, 2.45) is 29.6 Å². The zero-order valence-electron chi connectivity index (χ0n) is 35.8. The maximum atomic E-state index is 14.3. The highest BCUT2D eigenvalue weighted by molar-refractivity contribution is 6.39. The van der Waals surface area contributed by atoms with Crippen LogP contribution in [0.1, 0.15) is 119 Å². The first-order valence-corrected chi connectivity index (χ1v) is 21.2. The number of cyclic esters (lactones) is 1. The van der Waals surface area contributed by atoms with E-state index in [0.29, 0.717) is 51.4 Å². The van der Waals surface area contributed by atoms with Crippen molar-refractivity contribution < 1.29 is 48.0 Å². The Morgan fingerprint density at radius 3 is 2.29 bits per heavy atom. The number of nitrogens with one attached hydrogen (secondary N) is 1. The third kappa shape index (κ3) is 11.0. The van der Waals surface area contributed by atoms with Crippen molar-refractivity contribution in [2.75, 3.05) is 34.9 Å². The predicted molar refractivity (Wildman–Crippen MR) is 214 cm³/mol. The van der Waals surface area contributed by atoms with Gasteiger partial charge in [0.05, 0.1) is 18.3 Å². The molecule has 0 spiro atoms. The third-order valence-electron chi connectivity index (χ3n) is 13.2. The number of allylic oxidation sites excluding steroid dienone is 3. The molecule has 0 radical (unpaired) electrons. The number of hydrogen-bond acceptors (Lipinski definition) is 11. The van der Waals surface area contributed by atoms with Gasteiger partial charge < -0.3 is 39.0 Å². The highest BCUT2D eigenvalue weighted by Crippen LogP contribution is 2.39. The minimum Gasteiger partial charge on any atom is -0.456 e. The molecule has 1 aliphatic carbocycles. The molecular weight excluding hydrogens is 716 g/mol. The van der Waals surface area contributed by atoms with Gasteiger partial charge in [0.2, 0.25) is 5.79 Å². The minimum atomic E-state index is -2.45. The van der Waals surface area contributed by atoms with E-state index in [1.54, 1.807) is 28.3 Å². The summed E-state index contributed by atoms with van der Waals surface area (Å²) >= 11 is 0. The smallest absolute Gasteiger partial charge is 0.329 e. The number of Topliss-reactive ketones (excluding diaryl/α,β-unsaturated/α-hetero) is 2. The number of esters is 1. The Morgan fingerprint density at radius 1 is 0.964 bits per heavy atom. The second kappa shape index (κ2) is 21.0. The summed E-state index contributed by atoms with van der Waals surface area (Å²) in [4.78, 5) is 57.8. The molecule has 4 aliphatic rings. The monoisotopic (exact) mass is 789 g/mol. The van der Waals surface area contributed by atoms with Crippen molar-refractivity contribution in [1.29, 1.82) is 0 Å². The van der Waals surface area contributed by atoms with Gasteiger partial charge in [0.1, 0.15) is 24.0 Å². The molecule has 3 aliphatic heterocycles. The lowest BCUT2D eigenvalue weighted by Gasteiger charge is -2.47. The zero-order valence-corrected chi connectivity index (χ0v) is 35.8. The fraction of sp³-hybridized carbons (Fsp3) is 0.818. The zero-order chi connectivity index (χ0) is 41.3. The van der Waals surface area contributed by atoms with E-state index >= 15 is 0 Å².